The van der Waals surface area contributed by atoms with E-state index in [-0.39, 0.29) is 308 Å². The summed E-state index contributed by atoms with van der Waals surface area (Å²) < 4.78 is 17.1. The summed E-state index contributed by atoms with van der Waals surface area (Å²) >= 11 is 0. The van der Waals surface area contributed by atoms with Gasteiger partial charge in [-0.2, -0.15) is 15.6 Å². The maximum Gasteiger partial charge on any atom is 1.00 e. The number of phosphoric acid groups is 2. The fourth-order valence-corrected chi connectivity index (χ4v) is 0. The van der Waals surface area contributed by atoms with Gasteiger partial charge in [0.15, 0.2) is 0 Å². The molecular formula is K6O8P2. The molecule has 16 heteroatoms. The number of rotatable bonds is 0. The maximum absolute atomic E-state index is 8.55. The second-order valence-corrected chi connectivity index (χ2v) is 2.68. The zero-order chi connectivity index (χ0) is 9.00. The minimum absolute atomic E-state index is 0. The van der Waals surface area contributed by atoms with Crippen molar-refractivity contribution in [2.75, 3.05) is 0 Å². The van der Waals surface area contributed by atoms with E-state index >= 15 is 0 Å². The van der Waals surface area contributed by atoms with Gasteiger partial charge >= 0.3 is 308 Å². The van der Waals surface area contributed by atoms with Crippen LogP contribution in [-0.2, 0) is 9.13 Å². The average molecular weight is 425 g/mol. The van der Waals surface area contributed by atoms with E-state index in [1.807, 2.05) is 0 Å². The van der Waals surface area contributed by atoms with Gasteiger partial charge in [0.05, 0.1) is 0 Å². The van der Waals surface area contributed by atoms with Crippen molar-refractivity contribution < 1.29 is 347 Å². The summed E-state index contributed by atoms with van der Waals surface area (Å²) in [6, 6.07) is 0. The van der Waals surface area contributed by atoms with Gasteiger partial charge in [-0.25, -0.2) is 0 Å². The molecule has 0 radical (unpaired) electrons. The fourth-order valence-electron chi connectivity index (χ4n) is 0. The molecule has 0 fully saturated rings. The van der Waals surface area contributed by atoms with Crippen LogP contribution in [0.15, 0.2) is 0 Å². The van der Waals surface area contributed by atoms with Gasteiger partial charge in [-0.1, -0.05) is 0 Å². The molecule has 0 heterocycles. The minimum atomic E-state index is -5.39. The van der Waals surface area contributed by atoms with E-state index in [0.29, 0.717) is 0 Å². The molecule has 64 valence electrons. The Kier molecular flexibility index (Phi) is 93.4. The normalized spacial score (nSPS) is 7.38. The van der Waals surface area contributed by atoms with E-state index in [9.17, 15) is 0 Å². The molecule has 0 bridgehead atoms. The van der Waals surface area contributed by atoms with Crippen LogP contribution in [0.3, 0.4) is 0 Å². The van der Waals surface area contributed by atoms with Crippen LogP contribution in [0.25, 0.3) is 0 Å². The zero-order valence-corrected chi connectivity index (χ0v) is 30.7. The Bertz CT molecular complexity index is 135. The molecule has 0 unspecified atom stereocenters. The molecule has 0 amide bonds. The predicted molar refractivity (Wildman–Crippen MR) is 15.2 cm³/mol. The molecule has 0 aliphatic carbocycles. The molecule has 0 saturated heterocycles. The van der Waals surface area contributed by atoms with Gasteiger partial charge in [0.2, 0.25) is 0 Å². The maximum atomic E-state index is 8.55. The molecule has 0 N–H and O–H groups in total. The molecule has 0 saturated carbocycles. The van der Waals surface area contributed by atoms with E-state index in [0.717, 1.165) is 0 Å². The Morgan fingerprint density at radius 2 is 0.438 bits per heavy atom. The molecule has 0 spiro atoms. The number of hydrogen-bond donors (Lipinski definition) is 0. The van der Waals surface area contributed by atoms with E-state index in [2.05, 4.69) is 0 Å². The van der Waals surface area contributed by atoms with Crippen LogP contribution in [0.1, 0.15) is 0 Å². The third-order valence-electron chi connectivity index (χ3n) is 0. The van der Waals surface area contributed by atoms with Crippen LogP contribution in [0.5, 0.6) is 0 Å². The van der Waals surface area contributed by atoms with Gasteiger partial charge in [-0.05, 0) is 0 Å². The van der Waals surface area contributed by atoms with Crippen molar-refractivity contribution in [3.63, 3.8) is 0 Å². The quantitative estimate of drug-likeness (QED) is 0.272. The molecule has 0 rings (SSSR count). The Balaban J connectivity index is -0.00000000970. The molecule has 0 aliphatic rings. The first kappa shape index (κ1) is 50.2. The second kappa shape index (κ2) is 29.8. The van der Waals surface area contributed by atoms with E-state index in [1.165, 1.54) is 0 Å². The third kappa shape index (κ3) is 127. The summed E-state index contributed by atoms with van der Waals surface area (Å²) in [5.41, 5.74) is 0. The Labute approximate surface area is 349 Å². The summed E-state index contributed by atoms with van der Waals surface area (Å²) in [4.78, 5) is 51.3. The molecule has 0 aromatic carbocycles. The van der Waals surface area contributed by atoms with Crippen molar-refractivity contribution >= 4 is 15.6 Å². The van der Waals surface area contributed by atoms with E-state index in [4.69, 9.17) is 38.5 Å². The first-order valence-electron chi connectivity index (χ1n) is 1.46. The van der Waals surface area contributed by atoms with Gasteiger partial charge in [0, 0.05) is 0 Å². The Morgan fingerprint density at radius 3 is 0.438 bits per heavy atom. The van der Waals surface area contributed by atoms with Crippen LogP contribution in [0.4, 0.5) is 0 Å². The van der Waals surface area contributed by atoms with Crippen molar-refractivity contribution in [2.45, 2.75) is 0 Å². The van der Waals surface area contributed by atoms with Crippen molar-refractivity contribution in [2.24, 2.45) is 0 Å². The van der Waals surface area contributed by atoms with Crippen molar-refractivity contribution in [3.8, 4) is 0 Å². The van der Waals surface area contributed by atoms with E-state index < -0.39 is 15.6 Å². The van der Waals surface area contributed by atoms with Crippen molar-refractivity contribution in [1.29, 1.82) is 0 Å². The summed E-state index contributed by atoms with van der Waals surface area (Å²) in [7, 11) is -10.8. The minimum Gasteiger partial charge on any atom is -0.822 e. The molecule has 0 aliphatic heterocycles. The SMILES string of the molecule is O=P([O-])([O-])[O-].O=P([O-])([O-])[O-].[K+].[K+].[K+].[K+].[K+].[K+]. The molecule has 16 heavy (non-hydrogen) atoms. The van der Waals surface area contributed by atoms with Gasteiger partial charge < -0.3 is 38.5 Å². The fraction of sp³-hybridized carbons (Fsp3) is 0. The monoisotopic (exact) mass is 424 g/mol. The molecule has 0 aromatic heterocycles. The topological polar surface area (TPSA) is 172 Å². The van der Waals surface area contributed by atoms with E-state index in [1.54, 1.807) is 0 Å². The standard InChI is InChI=1S/6K.2H3O4P/c;;;;;;2*1-5(2,3)4/h;;;;;;2*(H3,1,2,3,4)/q6*+1;;/p-6. The van der Waals surface area contributed by atoms with Crippen LogP contribution in [0.2, 0.25) is 0 Å². The summed E-state index contributed by atoms with van der Waals surface area (Å²) in [6.45, 7) is 0. The largest absolute Gasteiger partial charge is 1.00 e. The van der Waals surface area contributed by atoms with Crippen molar-refractivity contribution in [1.82, 2.24) is 0 Å². The molecule has 0 atom stereocenters. The van der Waals surface area contributed by atoms with Crippen LogP contribution < -0.4 is 338 Å². The van der Waals surface area contributed by atoms with Gasteiger partial charge in [0.1, 0.15) is 0 Å². The summed E-state index contributed by atoms with van der Waals surface area (Å²) in [5, 5.41) is 0. The zero-order valence-electron chi connectivity index (χ0n) is 10.2. The smallest absolute Gasteiger partial charge is 0.822 e. The second-order valence-electron chi connectivity index (χ2n) is 0.894. The first-order valence-corrected chi connectivity index (χ1v) is 4.38. The Hall–Kier alpha value is 10.0. The van der Waals surface area contributed by atoms with Gasteiger partial charge in [-0.15, -0.1) is 0 Å². The van der Waals surface area contributed by atoms with Crippen molar-refractivity contribution in [3.05, 3.63) is 0 Å². The number of hydrogen-bond acceptors (Lipinski definition) is 8. The molecule has 0 aromatic rings. The molecular weight excluding hydrogens is 425 g/mol. The van der Waals surface area contributed by atoms with Crippen LogP contribution in [-0.4, -0.2) is 0 Å². The Morgan fingerprint density at radius 1 is 0.438 bits per heavy atom. The predicted octanol–water partition coefficient (Wildman–Crippen LogP) is -23.6. The summed E-state index contributed by atoms with van der Waals surface area (Å²) in [6.07, 6.45) is 0. The first-order chi connectivity index (χ1) is 4.00. The van der Waals surface area contributed by atoms with Gasteiger partial charge in [0.25, 0.3) is 0 Å². The van der Waals surface area contributed by atoms with Crippen LogP contribution in [0, 0.1) is 0 Å². The van der Waals surface area contributed by atoms with Crippen LogP contribution >= 0.6 is 15.6 Å². The van der Waals surface area contributed by atoms with Gasteiger partial charge in [-0.3, -0.25) is 0 Å². The average Bonchev–Trinajstić information content (AvgIpc) is 1.12. The third-order valence-corrected chi connectivity index (χ3v) is 0. The summed E-state index contributed by atoms with van der Waals surface area (Å²) in [5.74, 6) is 0. The molecule has 8 nitrogen and oxygen atoms in total.